The van der Waals surface area contributed by atoms with Crippen molar-refractivity contribution in [3.05, 3.63) is 23.9 Å². The predicted molar refractivity (Wildman–Crippen MR) is 109 cm³/mol. The summed E-state index contributed by atoms with van der Waals surface area (Å²) < 4.78 is 0. The molecular weight excluding hydrogens is 401 g/mol. The molecule has 23 heavy (non-hydrogen) atoms. The van der Waals surface area contributed by atoms with Crippen molar-refractivity contribution in [3.8, 4) is 0 Å². The number of aromatic nitrogens is 1. The second-order valence-corrected chi connectivity index (χ2v) is 6.25. The third-order valence-electron chi connectivity index (χ3n) is 3.94. The summed E-state index contributed by atoms with van der Waals surface area (Å²) in [6.07, 6.45) is 5.60. The molecule has 2 rings (SSSR count). The Hall–Kier alpha value is -1.05. The van der Waals surface area contributed by atoms with Crippen molar-refractivity contribution >= 4 is 35.8 Å². The Morgan fingerprint density at radius 2 is 2.04 bits per heavy atom. The molecule has 1 aliphatic rings. The maximum Gasteiger partial charge on any atom is 0.191 e. The molecule has 2 N–H and O–H groups in total. The van der Waals surface area contributed by atoms with Crippen LogP contribution in [-0.4, -0.2) is 37.6 Å². The number of hydrogen-bond acceptors (Lipinski definition) is 3. The molecule has 1 aliphatic heterocycles. The maximum absolute atomic E-state index is 4.49. The standard InChI is InChI=1S/C17H29N5.HI/c1-14(2)6-8-20-17(18-3)21-13-15-7-9-19-16(12-15)22-10-4-5-11-22;/h7,9,12,14H,4-6,8,10-11,13H2,1-3H3,(H2,18,20,21);1H. The zero-order valence-corrected chi connectivity index (χ0v) is 16.8. The molecule has 1 fully saturated rings. The Labute approximate surface area is 157 Å². The molecule has 5 nitrogen and oxygen atoms in total. The Kier molecular flexibility index (Phi) is 9.28. The Morgan fingerprint density at radius 3 is 2.70 bits per heavy atom. The summed E-state index contributed by atoms with van der Waals surface area (Å²) in [5.74, 6) is 2.66. The van der Waals surface area contributed by atoms with E-state index >= 15 is 0 Å². The van der Waals surface area contributed by atoms with Gasteiger partial charge in [0.15, 0.2) is 5.96 Å². The lowest BCUT2D eigenvalue weighted by Gasteiger charge is -2.17. The summed E-state index contributed by atoms with van der Waals surface area (Å²) in [4.78, 5) is 11.1. The van der Waals surface area contributed by atoms with Gasteiger partial charge in [-0.2, -0.15) is 0 Å². The van der Waals surface area contributed by atoms with Gasteiger partial charge in [-0.05, 0) is 42.9 Å². The number of anilines is 1. The molecule has 0 atom stereocenters. The van der Waals surface area contributed by atoms with Crippen LogP contribution >= 0.6 is 24.0 Å². The molecular formula is C17H30IN5. The van der Waals surface area contributed by atoms with Crippen LogP contribution in [0.25, 0.3) is 0 Å². The highest BCUT2D eigenvalue weighted by molar-refractivity contribution is 14.0. The van der Waals surface area contributed by atoms with Crippen molar-refractivity contribution in [3.63, 3.8) is 0 Å². The lowest BCUT2D eigenvalue weighted by molar-refractivity contribution is 0.573. The number of nitrogens with zero attached hydrogens (tertiary/aromatic N) is 3. The van der Waals surface area contributed by atoms with Gasteiger partial charge in [0.1, 0.15) is 5.82 Å². The van der Waals surface area contributed by atoms with Crippen LogP contribution in [-0.2, 0) is 6.54 Å². The minimum atomic E-state index is 0. The van der Waals surface area contributed by atoms with E-state index in [0.717, 1.165) is 44.4 Å². The van der Waals surface area contributed by atoms with Crippen LogP contribution in [0.15, 0.2) is 23.3 Å². The van der Waals surface area contributed by atoms with Crippen molar-refractivity contribution in [2.45, 2.75) is 39.7 Å². The molecule has 0 radical (unpaired) electrons. The summed E-state index contributed by atoms with van der Waals surface area (Å²) in [7, 11) is 1.81. The number of rotatable bonds is 6. The number of guanidine groups is 1. The lowest BCUT2D eigenvalue weighted by atomic mass is 10.1. The van der Waals surface area contributed by atoms with Crippen LogP contribution in [0, 0.1) is 5.92 Å². The topological polar surface area (TPSA) is 52.6 Å². The van der Waals surface area contributed by atoms with Gasteiger partial charge in [0, 0.05) is 39.4 Å². The fraction of sp³-hybridized carbons (Fsp3) is 0.647. The van der Waals surface area contributed by atoms with Gasteiger partial charge in [-0.15, -0.1) is 24.0 Å². The highest BCUT2D eigenvalue weighted by Crippen LogP contribution is 2.18. The summed E-state index contributed by atoms with van der Waals surface area (Å²) >= 11 is 0. The fourth-order valence-corrected chi connectivity index (χ4v) is 2.58. The van der Waals surface area contributed by atoms with Crippen molar-refractivity contribution in [1.29, 1.82) is 0 Å². The first-order chi connectivity index (χ1) is 10.7. The summed E-state index contributed by atoms with van der Waals surface area (Å²) in [5.41, 5.74) is 1.24. The number of nitrogens with one attached hydrogen (secondary N) is 2. The molecule has 0 bridgehead atoms. The molecule has 0 amide bonds. The summed E-state index contributed by atoms with van der Waals surface area (Å²) in [6.45, 7) is 8.44. The Balaban J connectivity index is 0.00000264. The quantitative estimate of drug-likeness (QED) is 0.413. The van der Waals surface area contributed by atoms with Gasteiger partial charge in [-0.25, -0.2) is 4.98 Å². The molecule has 0 spiro atoms. The molecule has 1 saturated heterocycles. The van der Waals surface area contributed by atoms with Crippen molar-refractivity contribution in [2.24, 2.45) is 10.9 Å². The van der Waals surface area contributed by atoms with Crippen LogP contribution in [0.2, 0.25) is 0 Å². The summed E-state index contributed by atoms with van der Waals surface area (Å²) in [6, 6.07) is 4.24. The smallest absolute Gasteiger partial charge is 0.191 e. The Morgan fingerprint density at radius 1 is 1.30 bits per heavy atom. The van der Waals surface area contributed by atoms with Crippen LogP contribution < -0.4 is 15.5 Å². The van der Waals surface area contributed by atoms with E-state index in [4.69, 9.17) is 0 Å². The predicted octanol–water partition coefficient (Wildman–Crippen LogP) is 3.01. The van der Waals surface area contributed by atoms with E-state index in [1.165, 1.54) is 18.4 Å². The zero-order chi connectivity index (χ0) is 15.8. The second-order valence-electron chi connectivity index (χ2n) is 6.25. The van der Waals surface area contributed by atoms with Crippen molar-refractivity contribution < 1.29 is 0 Å². The average molecular weight is 431 g/mol. The van der Waals surface area contributed by atoms with E-state index in [0.29, 0.717) is 5.92 Å². The third kappa shape index (κ3) is 6.93. The van der Waals surface area contributed by atoms with Crippen LogP contribution in [0.4, 0.5) is 5.82 Å². The monoisotopic (exact) mass is 431 g/mol. The lowest BCUT2D eigenvalue weighted by Crippen LogP contribution is -2.37. The highest BCUT2D eigenvalue weighted by Gasteiger charge is 2.13. The van der Waals surface area contributed by atoms with Crippen LogP contribution in [0.3, 0.4) is 0 Å². The number of halogens is 1. The SMILES string of the molecule is CN=C(NCCC(C)C)NCc1ccnc(N2CCCC2)c1.I. The second kappa shape index (κ2) is 10.7. The third-order valence-corrected chi connectivity index (χ3v) is 3.94. The molecule has 1 aromatic heterocycles. The molecule has 0 saturated carbocycles. The van der Waals surface area contributed by atoms with Crippen LogP contribution in [0.1, 0.15) is 38.7 Å². The van der Waals surface area contributed by atoms with Gasteiger partial charge in [0.2, 0.25) is 0 Å². The largest absolute Gasteiger partial charge is 0.357 e. The van der Waals surface area contributed by atoms with Gasteiger partial charge < -0.3 is 15.5 Å². The Bertz CT molecular complexity index is 484. The first-order valence-corrected chi connectivity index (χ1v) is 8.33. The van der Waals surface area contributed by atoms with Crippen LogP contribution in [0.5, 0.6) is 0 Å². The molecule has 130 valence electrons. The van der Waals surface area contributed by atoms with E-state index in [2.05, 4.69) is 51.5 Å². The van der Waals surface area contributed by atoms with E-state index in [1.807, 2.05) is 13.2 Å². The van der Waals surface area contributed by atoms with Gasteiger partial charge >= 0.3 is 0 Å². The average Bonchev–Trinajstić information content (AvgIpc) is 3.05. The fourth-order valence-electron chi connectivity index (χ4n) is 2.58. The molecule has 1 aromatic rings. The molecule has 0 unspecified atom stereocenters. The minimum Gasteiger partial charge on any atom is -0.357 e. The van der Waals surface area contributed by atoms with E-state index in [-0.39, 0.29) is 24.0 Å². The number of hydrogen-bond donors (Lipinski definition) is 2. The first-order valence-electron chi connectivity index (χ1n) is 8.33. The van der Waals surface area contributed by atoms with Crippen molar-refractivity contribution in [2.75, 3.05) is 31.6 Å². The van der Waals surface area contributed by atoms with Crippen molar-refractivity contribution in [1.82, 2.24) is 15.6 Å². The molecule has 2 heterocycles. The summed E-state index contributed by atoms with van der Waals surface area (Å²) in [5, 5.41) is 6.72. The van der Waals surface area contributed by atoms with Gasteiger partial charge in [0.05, 0.1) is 0 Å². The maximum atomic E-state index is 4.49. The molecule has 6 heteroatoms. The van der Waals surface area contributed by atoms with E-state index in [9.17, 15) is 0 Å². The minimum absolute atomic E-state index is 0. The first kappa shape index (κ1) is 20.0. The van der Waals surface area contributed by atoms with Gasteiger partial charge in [-0.1, -0.05) is 13.8 Å². The van der Waals surface area contributed by atoms with E-state index in [1.54, 1.807) is 0 Å². The van der Waals surface area contributed by atoms with Gasteiger partial charge in [-0.3, -0.25) is 4.99 Å². The molecule has 0 aromatic carbocycles. The van der Waals surface area contributed by atoms with E-state index < -0.39 is 0 Å². The highest BCUT2D eigenvalue weighted by atomic mass is 127. The number of aliphatic imine (C=N–C) groups is 1. The normalized spacial score (nSPS) is 14.8. The zero-order valence-electron chi connectivity index (χ0n) is 14.5. The van der Waals surface area contributed by atoms with Gasteiger partial charge in [0.25, 0.3) is 0 Å². The molecule has 0 aliphatic carbocycles. The number of pyridine rings is 1.